The quantitative estimate of drug-likeness (QED) is 0.405. The number of nitrogens with one attached hydrogen (secondary N) is 1. The van der Waals surface area contributed by atoms with Crippen LogP contribution in [0.15, 0.2) is 24.3 Å². The fourth-order valence-corrected chi connectivity index (χ4v) is 6.66. The Morgan fingerprint density at radius 2 is 2.03 bits per heavy atom. The van der Waals surface area contributed by atoms with Crippen molar-refractivity contribution in [1.29, 1.82) is 0 Å². The van der Waals surface area contributed by atoms with Crippen LogP contribution in [0.2, 0.25) is 5.02 Å². The van der Waals surface area contributed by atoms with Crippen LogP contribution in [-0.4, -0.2) is 69.6 Å². The third-order valence-electron chi connectivity index (χ3n) is 6.96. The number of rotatable bonds is 7. The van der Waals surface area contributed by atoms with E-state index in [1.807, 2.05) is 13.8 Å². The first-order valence-corrected chi connectivity index (χ1v) is 12.4. The summed E-state index contributed by atoms with van der Waals surface area (Å²) in [6.45, 7) is 5.32. The number of halogens is 2. The van der Waals surface area contributed by atoms with Crippen molar-refractivity contribution in [3.63, 3.8) is 0 Å². The minimum Gasteiger partial charge on any atom is -0.466 e. The molecule has 33 heavy (non-hydrogen) atoms. The second-order valence-electron chi connectivity index (χ2n) is 9.15. The number of carbonyl (C=O) groups is 3. The summed E-state index contributed by atoms with van der Waals surface area (Å²) in [5, 5.41) is 13.6. The van der Waals surface area contributed by atoms with Gasteiger partial charge in [-0.1, -0.05) is 41.4 Å². The monoisotopic (exact) mass is 542 g/mol. The molecule has 180 valence electrons. The van der Waals surface area contributed by atoms with Crippen LogP contribution in [0.3, 0.4) is 0 Å². The number of aliphatic hydroxyl groups is 1. The molecule has 1 spiro atoms. The SMILES string of the molecule is CCOC(=O)[C@H]1[C@@H]2O[C@@]3(CC2Br)[C@@H]1C(=O)N([C@@H](CO)C(C)C)[C@@H]3C(=O)Nc1ccc(Cl)cc1. The Labute approximate surface area is 206 Å². The van der Waals surface area contributed by atoms with E-state index in [0.29, 0.717) is 17.1 Å². The molecule has 1 aromatic carbocycles. The number of ether oxygens (including phenoxy) is 2. The average Bonchev–Trinajstić information content (AvgIpc) is 3.34. The van der Waals surface area contributed by atoms with E-state index in [4.69, 9.17) is 21.1 Å². The van der Waals surface area contributed by atoms with Crippen LogP contribution < -0.4 is 5.32 Å². The van der Waals surface area contributed by atoms with E-state index in [9.17, 15) is 19.5 Å². The van der Waals surface area contributed by atoms with Crippen LogP contribution in [-0.2, 0) is 23.9 Å². The molecule has 2 N–H and O–H groups in total. The molecule has 8 nitrogen and oxygen atoms in total. The Kier molecular flexibility index (Phi) is 6.79. The molecule has 3 saturated heterocycles. The number of carbonyl (C=O) groups excluding carboxylic acids is 3. The first-order valence-electron chi connectivity index (χ1n) is 11.1. The zero-order chi connectivity index (χ0) is 24.1. The molecule has 3 heterocycles. The van der Waals surface area contributed by atoms with Gasteiger partial charge in [-0.3, -0.25) is 14.4 Å². The van der Waals surface area contributed by atoms with Crippen molar-refractivity contribution in [2.45, 2.75) is 55.8 Å². The summed E-state index contributed by atoms with van der Waals surface area (Å²) in [5.74, 6) is -3.10. The Bertz CT molecular complexity index is 943. The second kappa shape index (κ2) is 9.17. The van der Waals surface area contributed by atoms with Crippen molar-refractivity contribution < 1.29 is 29.0 Å². The lowest BCUT2D eigenvalue weighted by Crippen LogP contribution is -2.57. The zero-order valence-corrected chi connectivity index (χ0v) is 21.0. The Balaban J connectivity index is 1.77. The average molecular weight is 544 g/mol. The van der Waals surface area contributed by atoms with Crippen molar-refractivity contribution >= 4 is 51.0 Å². The van der Waals surface area contributed by atoms with E-state index in [-0.39, 0.29) is 29.9 Å². The van der Waals surface area contributed by atoms with Crippen LogP contribution in [0.25, 0.3) is 0 Å². The molecule has 1 aromatic rings. The lowest BCUT2D eigenvalue weighted by Gasteiger charge is -2.38. The number of hydrogen-bond acceptors (Lipinski definition) is 6. The minimum absolute atomic E-state index is 0.127. The highest BCUT2D eigenvalue weighted by atomic mass is 79.9. The first kappa shape index (κ1) is 24.4. The highest BCUT2D eigenvalue weighted by Crippen LogP contribution is 2.60. The summed E-state index contributed by atoms with van der Waals surface area (Å²) in [6.07, 6.45) is -0.187. The van der Waals surface area contributed by atoms with Crippen molar-refractivity contribution in [3.8, 4) is 0 Å². The topological polar surface area (TPSA) is 105 Å². The van der Waals surface area contributed by atoms with Gasteiger partial charge in [-0.15, -0.1) is 0 Å². The van der Waals surface area contributed by atoms with E-state index in [1.165, 1.54) is 4.90 Å². The minimum atomic E-state index is -1.20. The lowest BCUT2D eigenvalue weighted by molar-refractivity contribution is -0.155. The highest BCUT2D eigenvalue weighted by Gasteiger charge is 2.77. The van der Waals surface area contributed by atoms with Gasteiger partial charge in [-0.05, 0) is 43.5 Å². The van der Waals surface area contributed by atoms with Gasteiger partial charge in [-0.25, -0.2) is 0 Å². The van der Waals surface area contributed by atoms with Gasteiger partial charge in [0.05, 0.1) is 37.2 Å². The molecule has 10 heteroatoms. The van der Waals surface area contributed by atoms with Gasteiger partial charge < -0.3 is 24.8 Å². The van der Waals surface area contributed by atoms with Gasteiger partial charge in [0.15, 0.2) is 0 Å². The summed E-state index contributed by atoms with van der Waals surface area (Å²) >= 11 is 9.56. The number of esters is 1. The van der Waals surface area contributed by atoms with Gasteiger partial charge in [0.25, 0.3) is 0 Å². The molecule has 0 aromatic heterocycles. The Hall–Kier alpha value is -1.68. The molecule has 4 rings (SSSR count). The molecule has 3 aliphatic heterocycles. The molecule has 3 fully saturated rings. The van der Waals surface area contributed by atoms with Crippen molar-refractivity contribution in [2.24, 2.45) is 17.8 Å². The summed E-state index contributed by atoms with van der Waals surface area (Å²) < 4.78 is 11.6. The normalized spacial score (nSPS) is 33.4. The van der Waals surface area contributed by atoms with Gasteiger partial charge in [-0.2, -0.15) is 0 Å². The molecular weight excluding hydrogens is 516 g/mol. The summed E-state index contributed by atoms with van der Waals surface area (Å²) in [7, 11) is 0. The largest absolute Gasteiger partial charge is 0.466 e. The third kappa shape index (κ3) is 3.87. The number of alkyl halides is 1. The fraction of sp³-hybridized carbons (Fsp3) is 0.609. The number of aliphatic hydroxyl groups excluding tert-OH is 1. The first-order chi connectivity index (χ1) is 15.7. The number of hydrogen-bond donors (Lipinski definition) is 2. The maximum atomic E-state index is 13.8. The zero-order valence-electron chi connectivity index (χ0n) is 18.7. The van der Waals surface area contributed by atoms with Crippen LogP contribution in [0.1, 0.15) is 27.2 Å². The van der Waals surface area contributed by atoms with E-state index >= 15 is 0 Å². The molecule has 0 aliphatic carbocycles. The predicted molar refractivity (Wildman–Crippen MR) is 125 cm³/mol. The molecule has 3 aliphatic rings. The molecule has 0 radical (unpaired) electrons. The van der Waals surface area contributed by atoms with Crippen molar-refractivity contribution in [1.82, 2.24) is 4.90 Å². The smallest absolute Gasteiger partial charge is 0.312 e. The van der Waals surface area contributed by atoms with Crippen LogP contribution in [0.5, 0.6) is 0 Å². The Morgan fingerprint density at radius 3 is 2.61 bits per heavy atom. The van der Waals surface area contributed by atoms with E-state index in [0.717, 1.165) is 0 Å². The Morgan fingerprint density at radius 1 is 1.36 bits per heavy atom. The van der Waals surface area contributed by atoms with E-state index in [1.54, 1.807) is 31.2 Å². The summed E-state index contributed by atoms with van der Waals surface area (Å²) in [6, 6.07) is 5.02. The number of nitrogens with zero attached hydrogens (tertiary/aromatic N) is 1. The molecule has 2 amide bonds. The van der Waals surface area contributed by atoms with Gasteiger partial charge in [0, 0.05) is 15.5 Å². The van der Waals surface area contributed by atoms with Gasteiger partial charge in [0.1, 0.15) is 11.6 Å². The lowest BCUT2D eigenvalue weighted by atomic mass is 9.70. The van der Waals surface area contributed by atoms with Crippen molar-refractivity contribution in [3.05, 3.63) is 29.3 Å². The van der Waals surface area contributed by atoms with Crippen LogP contribution in [0, 0.1) is 17.8 Å². The van der Waals surface area contributed by atoms with Gasteiger partial charge in [0.2, 0.25) is 11.8 Å². The molecule has 1 unspecified atom stereocenters. The fourth-order valence-electron chi connectivity index (χ4n) is 5.60. The molecule has 2 bridgehead atoms. The maximum Gasteiger partial charge on any atom is 0.312 e. The second-order valence-corrected chi connectivity index (χ2v) is 10.8. The van der Waals surface area contributed by atoms with E-state index < -0.39 is 47.5 Å². The van der Waals surface area contributed by atoms with Gasteiger partial charge >= 0.3 is 5.97 Å². The predicted octanol–water partition coefficient (Wildman–Crippen LogP) is 2.61. The summed E-state index contributed by atoms with van der Waals surface area (Å²) in [4.78, 5) is 41.6. The standard InChI is InChI=1S/C23H28BrClN2O6/c1-4-32-22(31)16-17-21(30)27(15(10-28)11(2)3)19(23(17)9-14(24)18(16)33-23)20(29)26-13-7-5-12(25)6-8-13/h5-8,11,14-19,28H,4,9-10H2,1-3H3,(H,26,29)/t14?,15-,16+,17-,18+,19+,23-/m0/s1. The number of anilines is 1. The highest BCUT2D eigenvalue weighted by molar-refractivity contribution is 9.09. The number of amides is 2. The molecule has 0 saturated carbocycles. The van der Waals surface area contributed by atoms with Crippen LogP contribution >= 0.6 is 27.5 Å². The van der Waals surface area contributed by atoms with Crippen molar-refractivity contribution in [2.75, 3.05) is 18.5 Å². The summed E-state index contributed by atoms with van der Waals surface area (Å²) in [5.41, 5.74) is -0.682. The van der Waals surface area contributed by atoms with Crippen LogP contribution in [0.4, 0.5) is 5.69 Å². The molecular formula is C23H28BrClN2O6. The third-order valence-corrected chi connectivity index (χ3v) is 8.06. The number of likely N-dealkylation sites (tertiary alicyclic amines) is 1. The number of fused-ring (bicyclic) bond motifs is 1. The maximum absolute atomic E-state index is 13.8. The van der Waals surface area contributed by atoms with E-state index in [2.05, 4.69) is 21.2 Å². The number of benzene rings is 1. The molecule has 7 atom stereocenters.